The molecule has 27 heavy (non-hydrogen) atoms. The molecule has 2 aromatic carbocycles. The molecular weight excluding hydrogens is 342 g/mol. The molecule has 0 bridgehead atoms. The van der Waals surface area contributed by atoms with Gasteiger partial charge in [-0.25, -0.2) is 0 Å². The van der Waals surface area contributed by atoms with Crippen LogP contribution in [0.4, 0.5) is 11.4 Å². The molecule has 0 aliphatic heterocycles. The number of benzene rings is 2. The van der Waals surface area contributed by atoms with Gasteiger partial charge in [-0.05, 0) is 36.8 Å². The van der Waals surface area contributed by atoms with Crippen molar-refractivity contribution in [2.45, 2.75) is 19.8 Å². The van der Waals surface area contributed by atoms with Crippen molar-refractivity contribution in [3.05, 3.63) is 54.1 Å². The maximum Gasteiger partial charge on any atom is 0.253 e. The van der Waals surface area contributed by atoms with Gasteiger partial charge in [0.15, 0.2) is 0 Å². The third kappa shape index (κ3) is 6.66. The second-order valence-corrected chi connectivity index (χ2v) is 6.41. The Morgan fingerprint density at radius 1 is 1.04 bits per heavy atom. The van der Waals surface area contributed by atoms with Crippen LogP contribution >= 0.6 is 0 Å². The van der Waals surface area contributed by atoms with E-state index in [-0.39, 0.29) is 18.4 Å². The number of ether oxygens (including phenoxy) is 1. The zero-order chi connectivity index (χ0) is 19.6. The Kier molecular flexibility index (Phi) is 7.67. The summed E-state index contributed by atoms with van der Waals surface area (Å²) < 4.78 is 5.65. The summed E-state index contributed by atoms with van der Waals surface area (Å²) in [6.07, 6.45) is 2.07. The summed E-state index contributed by atoms with van der Waals surface area (Å²) >= 11 is 0. The number of carbonyl (C=O) groups excluding carboxylic acids is 2. The lowest BCUT2D eigenvalue weighted by Crippen LogP contribution is -2.23. The number of unbranched alkanes of at least 4 members (excludes halogenated alkanes) is 1. The second kappa shape index (κ2) is 10.2. The molecule has 6 heteroatoms. The molecule has 0 radical (unpaired) electrons. The maximum atomic E-state index is 12.2. The Morgan fingerprint density at radius 2 is 1.78 bits per heavy atom. The topological polar surface area (TPSA) is 70.7 Å². The summed E-state index contributed by atoms with van der Waals surface area (Å²) in [5.74, 6) is 0.483. The van der Waals surface area contributed by atoms with Gasteiger partial charge in [0.1, 0.15) is 5.75 Å². The number of amides is 2. The average Bonchev–Trinajstić information content (AvgIpc) is 2.66. The first-order chi connectivity index (χ1) is 13.0. The van der Waals surface area contributed by atoms with E-state index >= 15 is 0 Å². The predicted molar refractivity (Wildman–Crippen MR) is 108 cm³/mol. The average molecular weight is 369 g/mol. The van der Waals surface area contributed by atoms with Crippen molar-refractivity contribution in [1.82, 2.24) is 4.90 Å². The highest BCUT2D eigenvalue weighted by molar-refractivity contribution is 5.96. The number of rotatable bonds is 9. The predicted octanol–water partition coefficient (Wildman–Crippen LogP) is 3.62. The van der Waals surface area contributed by atoms with E-state index in [0.717, 1.165) is 24.3 Å². The van der Waals surface area contributed by atoms with Gasteiger partial charge < -0.3 is 20.3 Å². The van der Waals surface area contributed by atoms with Crippen LogP contribution < -0.4 is 15.4 Å². The van der Waals surface area contributed by atoms with Gasteiger partial charge in [0, 0.05) is 37.1 Å². The van der Waals surface area contributed by atoms with Gasteiger partial charge in [-0.1, -0.05) is 25.5 Å². The molecular formula is C21H27N3O3. The first kappa shape index (κ1) is 20.3. The lowest BCUT2D eigenvalue weighted by Gasteiger charge is -2.12. The van der Waals surface area contributed by atoms with Gasteiger partial charge in [-0.3, -0.25) is 9.59 Å². The van der Waals surface area contributed by atoms with E-state index in [9.17, 15) is 9.59 Å². The third-order valence-electron chi connectivity index (χ3n) is 3.85. The lowest BCUT2D eigenvalue weighted by molar-refractivity contribution is -0.114. The smallest absolute Gasteiger partial charge is 0.253 e. The summed E-state index contributed by atoms with van der Waals surface area (Å²) in [5.41, 5.74) is 1.98. The summed E-state index contributed by atoms with van der Waals surface area (Å²) in [4.78, 5) is 25.7. The molecule has 2 N–H and O–H groups in total. The molecule has 0 saturated heterocycles. The lowest BCUT2D eigenvalue weighted by atomic mass is 10.2. The molecule has 2 rings (SSSR count). The molecule has 0 aromatic heterocycles. The van der Waals surface area contributed by atoms with E-state index in [4.69, 9.17) is 4.74 Å². The fourth-order valence-electron chi connectivity index (χ4n) is 2.41. The van der Waals surface area contributed by atoms with E-state index in [0.29, 0.717) is 17.9 Å². The van der Waals surface area contributed by atoms with Crippen molar-refractivity contribution in [3.63, 3.8) is 0 Å². The molecule has 2 aromatic rings. The first-order valence-corrected chi connectivity index (χ1v) is 9.08. The normalized spacial score (nSPS) is 10.2. The molecule has 0 unspecified atom stereocenters. The number of nitrogens with zero attached hydrogens (tertiary/aromatic N) is 1. The number of nitrogens with one attached hydrogen (secondary N) is 2. The van der Waals surface area contributed by atoms with E-state index in [1.165, 1.54) is 4.90 Å². The van der Waals surface area contributed by atoms with Gasteiger partial charge in [0.05, 0.1) is 13.2 Å². The Balaban J connectivity index is 1.88. The van der Waals surface area contributed by atoms with Gasteiger partial charge in [0.25, 0.3) is 5.91 Å². The van der Waals surface area contributed by atoms with Crippen LogP contribution in [0, 0.1) is 0 Å². The van der Waals surface area contributed by atoms with E-state index in [1.54, 1.807) is 32.3 Å². The van der Waals surface area contributed by atoms with Crippen LogP contribution in [0.1, 0.15) is 30.1 Å². The zero-order valence-corrected chi connectivity index (χ0v) is 16.1. The van der Waals surface area contributed by atoms with Gasteiger partial charge in [-0.15, -0.1) is 0 Å². The number of hydrogen-bond acceptors (Lipinski definition) is 4. The van der Waals surface area contributed by atoms with Crippen molar-refractivity contribution in [1.29, 1.82) is 0 Å². The SMILES string of the molecule is CCCCOc1cccc(NC(=O)CNc2cccc(C(=O)N(C)C)c2)c1. The fraction of sp³-hybridized carbons (Fsp3) is 0.333. The largest absolute Gasteiger partial charge is 0.494 e. The third-order valence-corrected chi connectivity index (χ3v) is 3.85. The van der Waals surface area contributed by atoms with E-state index in [2.05, 4.69) is 17.6 Å². The highest BCUT2D eigenvalue weighted by Gasteiger charge is 2.09. The van der Waals surface area contributed by atoms with Crippen LogP contribution in [-0.4, -0.2) is 44.0 Å². The molecule has 0 spiro atoms. The highest BCUT2D eigenvalue weighted by atomic mass is 16.5. The minimum absolute atomic E-state index is 0.0806. The summed E-state index contributed by atoms with van der Waals surface area (Å²) in [6, 6.07) is 14.4. The van der Waals surface area contributed by atoms with Crippen molar-refractivity contribution >= 4 is 23.2 Å². The summed E-state index contributed by atoms with van der Waals surface area (Å²) in [6.45, 7) is 2.87. The van der Waals surface area contributed by atoms with Crippen molar-refractivity contribution in [3.8, 4) is 5.75 Å². The Hall–Kier alpha value is -3.02. The Morgan fingerprint density at radius 3 is 2.52 bits per heavy atom. The minimum atomic E-state index is -0.176. The fourth-order valence-corrected chi connectivity index (χ4v) is 2.41. The summed E-state index contributed by atoms with van der Waals surface area (Å²) in [7, 11) is 3.41. The molecule has 144 valence electrons. The van der Waals surface area contributed by atoms with Crippen LogP contribution in [0.3, 0.4) is 0 Å². The quantitative estimate of drug-likeness (QED) is 0.663. The summed E-state index contributed by atoms with van der Waals surface area (Å²) in [5, 5.41) is 5.88. The highest BCUT2D eigenvalue weighted by Crippen LogP contribution is 2.18. The van der Waals surface area contributed by atoms with E-state index < -0.39 is 0 Å². The van der Waals surface area contributed by atoms with Crippen LogP contribution in [0.25, 0.3) is 0 Å². The van der Waals surface area contributed by atoms with Crippen molar-refractivity contribution in [2.75, 3.05) is 37.9 Å². The maximum absolute atomic E-state index is 12.2. The monoisotopic (exact) mass is 369 g/mol. The molecule has 0 heterocycles. The minimum Gasteiger partial charge on any atom is -0.494 e. The van der Waals surface area contributed by atoms with Gasteiger partial charge in [0.2, 0.25) is 5.91 Å². The molecule has 0 fully saturated rings. The Labute approximate surface area is 160 Å². The van der Waals surface area contributed by atoms with Crippen molar-refractivity contribution in [2.24, 2.45) is 0 Å². The van der Waals surface area contributed by atoms with Crippen LogP contribution in [0.15, 0.2) is 48.5 Å². The van der Waals surface area contributed by atoms with Gasteiger partial charge in [-0.2, -0.15) is 0 Å². The van der Waals surface area contributed by atoms with Crippen LogP contribution in [-0.2, 0) is 4.79 Å². The standard InChI is InChI=1S/C21H27N3O3/c1-4-5-12-27-19-11-7-10-18(14-19)23-20(25)15-22-17-9-6-8-16(13-17)21(26)24(2)3/h6-11,13-14,22H,4-5,12,15H2,1-3H3,(H,23,25). The molecule has 0 atom stereocenters. The number of hydrogen-bond donors (Lipinski definition) is 2. The Bertz CT molecular complexity index is 775. The second-order valence-electron chi connectivity index (χ2n) is 6.41. The molecule has 0 saturated carbocycles. The first-order valence-electron chi connectivity index (χ1n) is 9.08. The molecule has 0 aliphatic carbocycles. The number of anilines is 2. The zero-order valence-electron chi connectivity index (χ0n) is 16.1. The van der Waals surface area contributed by atoms with Gasteiger partial charge >= 0.3 is 0 Å². The van der Waals surface area contributed by atoms with Crippen LogP contribution in [0.5, 0.6) is 5.75 Å². The molecule has 6 nitrogen and oxygen atoms in total. The molecule has 0 aliphatic rings. The van der Waals surface area contributed by atoms with Crippen LogP contribution in [0.2, 0.25) is 0 Å². The van der Waals surface area contributed by atoms with Crippen molar-refractivity contribution < 1.29 is 14.3 Å². The van der Waals surface area contributed by atoms with E-state index in [1.807, 2.05) is 30.3 Å². The number of carbonyl (C=O) groups is 2. The molecule has 2 amide bonds.